The number of nitrogens with zero attached hydrogens (tertiary/aromatic N) is 3. The van der Waals surface area contributed by atoms with Crippen LogP contribution in [-0.2, 0) is 11.3 Å². The molecule has 1 aromatic rings. The van der Waals surface area contributed by atoms with Gasteiger partial charge in [-0.1, -0.05) is 43.2 Å². The molecule has 0 atom stereocenters. The van der Waals surface area contributed by atoms with E-state index in [4.69, 9.17) is 4.74 Å². The predicted octanol–water partition coefficient (Wildman–Crippen LogP) is 2.57. The standard InChI is InChI=1S/C24H41N5O/c1-25-23(27-21-24(12-19-30-2)10-6-7-11-24)26-13-14-28-15-17-29(18-16-28)20-22-8-4-3-5-9-22/h3-5,8-9H,6-7,10-21H2,1-2H3,(H2,25,26,27). The summed E-state index contributed by atoms with van der Waals surface area (Å²) in [5.41, 5.74) is 1.79. The fourth-order valence-electron chi connectivity index (χ4n) is 4.80. The number of benzene rings is 1. The quantitative estimate of drug-likeness (QED) is 0.454. The number of rotatable bonds is 10. The minimum Gasteiger partial charge on any atom is -0.385 e. The summed E-state index contributed by atoms with van der Waals surface area (Å²) in [6.45, 7) is 9.47. The highest BCUT2D eigenvalue weighted by Gasteiger charge is 2.33. The molecule has 168 valence electrons. The Morgan fingerprint density at radius 3 is 2.40 bits per heavy atom. The third kappa shape index (κ3) is 7.25. The molecule has 6 heteroatoms. The van der Waals surface area contributed by atoms with Crippen molar-refractivity contribution in [3.05, 3.63) is 35.9 Å². The third-order valence-corrected chi connectivity index (χ3v) is 6.79. The van der Waals surface area contributed by atoms with E-state index in [-0.39, 0.29) is 0 Å². The van der Waals surface area contributed by atoms with Gasteiger partial charge in [-0.25, -0.2) is 0 Å². The Hall–Kier alpha value is -1.63. The number of piperazine rings is 1. The Morgan fingerprint density at radius 2 is 1.73 bits per heavy atom. The molecule has 30 heavy (non-hydrogen) atoms. The first-order chi connectivity index (χ1) is 14.7. The lowest BCUT2D eigenvalue weighted by molar-refractivity contribution is 0.128. The van der Waals surface area contributed by atoms with E-state index < -0.39 is 0 Å². The molecule has 6 nitrogen and oxygen atoms in total. The summed E-state index contributed by atoms with van der Waals surface area (Å²) in [6.07, 6.45) is 6.42. The van der Waals surface area contributed by atoms with E-state index in [0.29, 0.717) is 5.41 Å². The van der Waals surface area contributed by atoms with Crippen LogP contribution in [0.25, 0.3) is 0 Å². The number of guanidine groups is 1. The van der Waals surface area contributed by atoms with Gasteiger partial charge in [-0.2, -0.15) is 0 Å². The van der Waals surface area contributed by atoms with E-state index >= 15 is 0 Å². The summed E-state index contributed by atoms with van der Waals surface area (Å²) in [5.74, 6) is 0.932. The molecular weight excluding hydrogens is 374 g/mol. The van der Waals surface area contributed by atoms with Gasteiger partial charge in [0, 0.05) is 73.1 Å². The van der Waals surface area contributed by atoms with Gasteiger partial charge in [-0.3, -0.25) is 14.8 Å². The summed E-state index contributed by atoms with van der Waals surface area (Å²) >= 11 is 0. The van der Waals surface area contributed by atoms with Gasteiger partial charge in [0.15, 0.2) is 5.96 Å². The number of methoxy groups -OCH3 is 1. The predicted molar refractivity (Wildman–Crippen MR) is 125 cm³/mol. The zero-order valence-corrected chi connectivity index (χ0v) is 19.0. The van der Waals surface area contributed by atoms with Gasteiger partial charge >= 0.3 is 0 Å². The van der Waals surface area contributed by atoms with Gasteiger partial charge in [0.25, 0.3) is 0 Å². The van der Waals surface area contributed by atoms with Crippen LogP contribution in [0.1, 0.15) is 37.7 Å². The maximum atomic E-state index is 5.35. The summed E-state index contributed by atoms with van der Waals surface area (Å²) in [5, 5.41) is 7.11. The highest BCUT2D eigenvalue weighted by Crippen LogP contribution is 2.40. The van der Waals surface area contributed by atoms with Crippen molar-refractivity contribution < 1.29 is 4.74 Å². The molecule has 2 N–H and O–H groups in total. The topological polar surface area (TPSA) is 52.1 Å². The highest BCUT2D eigenvalue weighted by atomic mass is 16.5. The van der Waals surface area contributed by atoms with Crippen molar-refractivity contribution in [2.75, 3.05) is 66.6 Å². The Bertz CT molecular complexity index is 622. The minimum atomic E-state index is 0.378. The van der Waals surface area contributed by atoms with E-state index in [9.17, 15) is 0 Å². The molecule has 1 aliphatic heterocycles. The molecule has 3 rings (SSSR count). The van der Waals surface area contributed by atoms with E-state index in [1.165, 1.54) is 31.2 Å². The maximum absolute atomic E-state index is 5.35. The van der Waals surface area contributed by atoms with Gasteiger partial charge in [0.1, 0.15) is 0 Å². The number of nitrogens with one attached hydrogen (secondary N) is 2. The molecule has 2 aliphatic rings. The molecule has 0 unspecified atom stereocenters. The van der Waals surface area contributed by atoms with Crippen molar-refractivity contribution in [1.29, 1.82) is 0 Å². The Kier molecular flexibility index (Phi) is 9.43. The van der Waals surface area contributed by atoms with Crippen LogP contribution in [0.5, 0.6) is 0 Å². The summed E-state index contributed by atoms with van der Waals surface area (Å²) in [7, 11) is 3.67. The summed E-state index contributed by atoms with van der Waals surface area (Å²) in [6, 6.07) is 10.8. The molecule has 0 radical (unpaired) electrons. The fraction of sp³-hybridized carbons (Fsp3) is 0.708. The lowest BCUT2D eigenvalue weighted by atomic mass is 9.83. The van der Waals surface area contributed by atoms with Crippen molar-refractivity contribution in [2.24, 2.45) is 10.4 Å². The first-order valence-electron chi connectivity index (χ1n) is 11.7. The molecule has 1 aliphatic carbocycles. The fourth-order valence-corrected chi connectivity index (χ4v) is 4.80. The molecule has 0 spiro atoms. The SMILES string of the molecule is CN=C(NCCN1CCN(Cc2ccccc2)CC1)NCC1(CCOC)CCCC1. The lowest BCUT2D eigenvalue weighted by Crippen LogP contribution is -2.49. The maximum Gasteiger partial charge on any atom is 0.191 e. The van der Waals surface area contributed by atoms with Crippen molar-refractivity contribution in [3.8, 4) is 0 Å². The Balaban J connectivity index is 1.32. The average molecular weight is 416 g/mol. The van der Waals surface area contributed by atoms with Crippen LogP contribution >= 0.6 is 0 Å². The number of hydrogen-bond acceptors (Lipinski definition) is 4. The molecule has 0 bridgehead atoms. The molecule has 1 heterocycles. The van der Waals surface area contributed by atoms with Crippen molar-refractivity contribution in [2.45, 2.75) is 38.6 Å². The van der Waals surface area contributed by atoms with Gasteiger partial charge in [0.2, 0.25) is 0 Å². The van der Waals surface area contributed by atoms with E-state index in [2.05, 4.69) is 55.8 Å². The first kappa shape index (κ1) is 23.0. The molecular formula is C24H41N5O. The zero-order chi connectivity index (χ0) is 21.1. The van der Waals surface area contributed by atoms with E-state index in [1.807, 2.05) is 7.05 Å². The van der Waals surface area contributed by atoms with Crippen molar-refractivity contribution in [3.63, 3.8) is 0 Å². The van der Waals surface area contributed by atoms with Crippen LogP contribution in [0.2, 0.25) is 0 Å². The van der Waals surface area contributed by atoms with Crippen LogP contribution in [-0.4, -0.2) is 82.3 Å². The molecule has 1 saturated carbocycles. The third-order valence-electron chi connectivity index (χ3n) is 6.79. The van der Waals surface area contributed by atoms with Crippen LogP contribution in [0.15, 0.2) is 35.3 Å². The van der Waals surface area contributed by atoms with Gasteiger partial charge in [-0.05, 0) is 30.2 Å². The zero-order valence-electron chi connectivity index (χ0n) is 19.0. The largest absolute Gasteiger partial charge is 0.385 e. The molecule has 1 aromatic carbocycles. The normalized spacial score (nSPS) is 20.4. The van der Waals surface area contributed by atoms with Crippen molar-refractivity contribution >= 4 is 5.96 Å². The number of hydrogen-bond donors (Lipinski definition) is 2. The van der Waals surface area contributed by atoms with Crippen LogP contribution < -0.4 is 10.6 Å². The monoisotopic (exact) mass is 415 g/mol. The van der Waals surface area contributed by atoms with Gasteiger partial charge in [-0.15, -0.1) is 0 Å². The number of aliphatic imine (C=N–C) groups is 1. The lowest BCUT2D eigenvalue weighted by Gasteiger charge is -2.35. The summed E-state index contributed by atoms with van der Waals surface area (Å²) in [4.78, 5) is 9.55. The minimum absolute atomic E-state index is 0.378. The van der Waals surface area contributed by atoms with Gasteiger partial charge < -0.3 is 15.4 Å². The second-order valence-corrected chi connectivity index (χ2v) is 8.91. The van der Waals surface area contributed by atoms with Crippen LogP contribution in [0.4, 0.5) is 0 Å². The van der Waals surface area contributed by atoms with Crippen molar-refractivity contribution in [1.82, 2.24) is 20.4 Å². The summed E-state index contributed by atoms with van der Waals surface area (Å²) < 4.78 is 5.35. The Morgan fingerprint density at radius 1 is 1.03 bits per heavy atom. The first-order valence-corrected chi connectivity index (χ1v) is 11.7. The molecule has 1 saturated heterocycles. The smallest absolute Gasteiger partial charge is 0.191 e. The molecule has 0 amide bonds. The second-order valence-electron chi connectivity index (χ2n) is 8.91. The highest BCUT2D eigenvalue weighted by molar-refractivity contribution is 5.79. The Labute approximate surface area is 183 Å². The van der Waals surface area contributed by atoms with Gasteiger partial charge in [0.05, 0.1) is 0 Å². The number of ether oxygens (including phenoxy) is 1. The average Bonchev–Trinajstić information content (AvgIpc) is 3.26. The molecule has 2 fully saturated rings. The van der Waals surface area contributed by atoms with E-state index in [1.54, 1.807) is 7.11 Å². The molecule has 0 aromatic heterocycles. The van der Waals surface area contributed by atoms with E-state index in [0.717, 1.165) is 71.3 Å². The van der Waals surface area contributed by atoms with Crippen LogP contribution in [0, 0.1) is 5.41 Å². The van der Waals surface area contributed by atoms with Crippen LogP contribution in [0.3, 0.4) is 0 Å². The second kappa shape index (κ2) is 12.3.